The lowest BCUT2D eigenvalue weighted by Gasteiger charge is -2.19. The van der Waals surface area contributed by atoms with E-state index in [4.69, 9.17) is 0 Å². The molecule has 1 N–H and O–H groups in total. The summed E-state index contributed by atoms with van der Waals surface area (Å²) in [7, 11) is 2.12. The Morgan fingerprint density at radius 2 is 1.55 bits per heavy atom. The van der Waals surface area contributed by atoms with Crippen molar-refractivity contribution in [3.63, 3.8) is 0 Å². The van der Waals surface area contributed by atoms with Crippen LogP contribution >= 0.6 is 0 Å². The highest BCUT2D eigenvalue weighted by Gasteiger charge is 2.22. The first kappa shape index (κ1) is 17.5. The van der Waals surface area contributed by atoms with Crippen LogP contribution in [-0.2, 0) is 13.0 Å². The van der Waals surface area contributed by atoms with E-state index in [9.17, 15) is 4.79 Å². The molecule has 0 radical (unpaired) electrons. The lowest BCUT2D eigenvalue weighted by molar-refractivity contribution is 0.103. The molecule has 4 aromatic carbocycles. The number of nitrogens with one attached hydrogen (secondary N) is 1. The molecular formula is C26H22N2O. The molecular weight excluding hydrogens is 356 g/mol. The highest BCUT2D eigenvalue weighted by atomic mass is 16.1. The molecule has 3 heteroatoms. The minimum Gasteiger partial charge on any atom is -0.370 e. The predicted molar refractivity (Wildman–Crippen MR) is 120 cm³/mol. The van der Waals surface area contributed by atoms with Crippen molar-refractivity contribution in [1.82, 2.24) is 0 Å². The van der Waals surface area contributed by atoms with Gasteiger partial charge in [-0.05, 0) is 52.8 Å². The van der Waals surface area contributed by atoms with Crippen molar-refractivity contribution in [2.75, 3.05) is 17.3 Å². The SMILES string of the molecule is CN(Cc1ccc(Cc2ccc3c4c(cccc24)C(=O)N3)cc1)c1ccccc1. The fourth-order valence-corrected chi connectivity index (χ4v) is 4.13. The van der Waals surface area contributed by atoms with Gasteiger partial charge in [-0.3, -0.25) is 4.79 Å². The van der Waals surface area contributed by atoms with Crippen LogP contribution < -0.4 is 10.2 Å². The molecule has 0 aromatic heterocycles. The maximum atomic E-state index is 12.1. The van der Waals surface area contributed by atoms with Crippen LogP contribution in [0.4, 0.5) is 11.4 Å². The molecule has 0 unspecified atom stereocenters. The van der Waals surface area contributed by atoms with Gasteiger partial charge in [-0.1, -0.05) is 60.7 Å². The molecule has 0 bridgehead atoms. The molecule has 1 amide bonds. The number of carbonyl (C=O) groups excluding carboxylic acids is 1. The van der Waals surface area contributed by atoms with Gasteiger partial charge in [0, 0.05) is 35.9 Å². The van der Waals surface area contributed by atoms with Crippen LogP contribution in [0, 0.1) is 0 Å². The van der Waals surface area contributed by atoms with Crippen LogP contribution in [0.1, 0.15) is 27.0 Å². The fraction of sp³-hybridized carbons (Fsp3) is 0.115. The molecule has 0 fully saturated rings. The van der Waals surface area contributed by atoms with Gasteiger partial charge in [-0.2, -0.15) is 0 Å². The van der Waals surface area contributed by atoms with Crippen molar-refractivity contribution in [1.29, 1.82) is 0 Å². The molecule has 0 atom stereocenters. The van der Waals surface area contributed by atoms with E-state index in [2.05, 4.69) is 77.9 Å². The fourth-order valence-electron chi connectivity index (χ4n) is 4.13. The normalized spacial score (nSPS) is 12.2. The Morgan fingerprint density at radius 3 is 2.34 bits per heavy atom. The van der Waals surface area contributed by atoms with Gasteiger partial charge in [-0.15, -0.1) is 0 Å². The second-order valence-electron chi connectivity index (χ2n) is 7.64. The van der Waals surface area contributed by atoms with E-state index in [0.717, 1.165) is 35.0 Å². The largest absolute Gasteiger partial charge is 0.370 e. The third-order valence-corrected chi connectivity index (χ3v) is 5.66. The molecule has 4 aromatic rings. The molecule has 142 valence electrons. The van der Waals surface area contributed by atoms with Crippen LogP contribution in [0.3, 0.4) is 0 Å². The second-order valence-corrected chi connectivity index (χ2v) is 7.64. The zero-order valence-corrected chi connectivity index (χ0v) is 16.4. The highest BCUT2D eigenvalue weighted by Crippen LogP contribution is 2.35. The topological polar surface area (TPSA) is 32.3 Å². The summed E-state index contributed by atoms with van der Waals surface area (Å²) in [5.41, 5.74) is 6.72. The highest BCUT2D eigenvalue weighted by molar-refractivity contribution is 6.24. The summed E-state index contributed by atoms with van der Waals surface area (Å²) in [6.07, 6.45) is 0.850. The average Bonchev–Trinajstić information content (AvgIpc) is 3.09. The van der Waals surface area contributed by atoms with E-state index >= 15 is 0 Å². The molecule has 0 saturated heterocycles. The summed E-state index contributed by atoms with van der Waals surface area (Å²) in [6.45, 7) is 0.874. The van der Waals surface area contributed by atoms with E-state index in [0.29, 0.717) is 0 Å². The number of amides is 1. The predicted octanol–water partition coefficient (Wildman–Crippen LogP) is 5.63. The zero-order valence-electron chi connectivity index (χ0n) is 16.4. The first-order chi connectivity index (χ1) is 14.2. The molecule has 3 nitrogen and oxygen atoms in total. The Bertz CT molecular complexity index is 1200. The smallest absolute Gasteiger partial charge is 0.256 e. The number of carbonyl (C=O) groups is 1. The van der Waals surface area contributed by atoms with Gasteiger partial charge < -0.3 is 10.2 Å². The molecule has 29 heavy (non-hydrogen) atoms. The Labute approximate surface area is 170 Å². The Balaban J connectivity index is 1.37. The zero-order chi connectivity index (χ0) is 19.8. The number of anilines is 2. The number of hydrogen-bond donors (Lipinski definition) is 1. The summed E-state index contributed by atoms with van der Waals surface area (Å²) in [6, 6.07) is 29.4. The number of para-hydroxylation sites is 1. The Kier molecular flexibility index (Phi) is 4.28. The van der Waals surface area contributed by atoms with Gasteiger partial charge in [-0.25, -0.2) is 0 Å². The van der Waals surface area contributed by atoms with Gasteiger partial charge in [0.1, 0.15) is 0 Å². The quantitative estimate of drug-likeness (QED) is 0.488. The van der Waals surface area contributed by atoms with Crippen LogP contribution in [-0.4, -0.2) is 13.0 Å². The van der Waals surface area contributed by atoms with Gasteiger partial charge in [0.05, 0.1) is 0 Å². The van der Waals surface area contributed by atoms with Crippen LogP contribution in [0.25, 0.3) is 10.8 Å². The van der Waals surface area contributed by atoms with E-state index in [-0.39, 0.29) is 5.91 Å². The summed E-state index contributed by atoms with van der Waals surface area (Å²) in [4.78, 5) is 14.4. The first-order valence-electron chi connectivity index (χ1n) is 9.89. The molecule has 1 aliphatic heterocycles. The van der Waals surface area contributed by atoms with E-state index < -0.39 is 0 Å². The molecule has 1 aliphatic rings. The van der Waals surface area contributed by atoms with E-state index in [1.54, 1.807) is 0 Å². The second kappa shape index (κ2) is 7.10. The van der Waals surface area contributed by atoms with Crippen LogP contribution in [0.2, 0.25) is 0 Å². The van der Waals surface area contributed by atoms with Crippen molar-refractivity contribution in [3.05, 3.63) is 107 Å². The standard InChI is InChI=1S/C26H22N2O/c1-28(21-6-3-2-4-7-21)17-19-12-10-18(11-13-19)16-20-14-15-24-25-22(20)8-5-9-23(25)26(29)27-24/h2-15H,16-17H2,1H3,(H,27,29). The lowest BCUT2D eigenvalue weighted by atomic mass is 9.95. The van der Waals surface area contributed by atoms with Crippen molar-refractivity contribution in [2.24, 2.45) is 0 Å². The van der Waals surface area contributed by atoms with Crippen molar-refractivity contribution in [2.45, 2.75) is 13.0 Å². The van der Waals surface area contributed by atoms with Gasteiger partial charge >= 0.3 is 0 Å². The molecule has 1 heterocycles. The summed E-state index contributed by atoms with van der Waals surface area (Å²) >= 11 is 0. The Hall–Kier alpha value is -3.59. The minimum absolute atomic E-state index is 0.00496. The van der Waals surface area contributed by atoms with Gasteiger partial charge in [0.15, 0.2) is 0 Å². The van der Waals surface area contributed by atoms with Crippen molar-refractivity contribution < 1.29 is 4.79 Å². The van der Waals surface area contributed by atoms with Crippen LogP contribution in [0.5, 0.6) is 0 Å². The van der Waals surface area contributed by atoms with Gasteiger partial charge in [0.25, 0.3) is 5.91 Å². The Morgan fingerprint density at radius 1 is 0.793 bits per heavy atom. The van der Waals surface area contributed by atoms with Crippen molar-refractivity contribution in [3.8, 4) is 0 Å². The summed E-state index contributed by atoms with van der Waals surface area (Å²) in [5.74, 6) is -0.00496. The third kappa shape index (κ3) is 3.25. The monoisotopic (exact) mass is 378 g/mol. The maximum absolute atomic E-state index is 12.1. The molecule has 0 saturated carbocycles. The number of hydrogen-bond acceptors (Lipinski definition) is 2. The van der Waals surface area contributed by atoms with E-state index in [1.807, 2.05) is 24.3 Å². The minimum atomic E-state index is -0.00496. The maximum Gasteiger partial charge on any atom is 0.256 e. The first-order valence-corrected chi connectivity index (χ1v) is 9.89. The number of benzene rings is 4. The van der Waals surface area contributed by atoms with Crippen LogP contribution in [0.15, 0.2) is 84.9 Å². The molecule has 5 rings (SSSR count). The molecule has 0 spiro atoms. The van der Waals surface area contributed by atoms with Gasteiger partial charge in [0.2, 0.25) is 0 Å². The summed E-state index contributed by atoms with van der Waals surface area (Å²) in [5, 5.41) is 5.17. The average molecular weight is 378 g/mol. The van der Waals surface area contributed by atoms with E-state index in [1.165, 1.54) is 22.4 Å². The summed E-state index contributed by atoms with van der Waals surface area (Å²) < 4.78 is 0. The van der Waals surface area contributed by atoms with Crippen molar-refractivity contribution >= 4 is 28.1 Å². The third-order valence-electron chi connectivity index (χ3n) is 5.66. The number of rotatable bonds is 5. The molecule has 0 aliphatic carbocycles. The lowest BCUT2D eigenvalue weighted by Crippen LogP contribution is -2.16. The number of nitrogens with zero attached hydrogens (tertiary/aromatic N) is 1.